The molecule has 3 aromatic rings. The molecule has 0 spiro atoms. The van der Waals surface area contributed by atoms with E-state index in [0.717, 1.165) is 52.1 Å². The number of nitrogens with zero attached hydrogens (tertiary/aromatic N) is 2. The summed E-state index contributed by atoms with van der Waals surface area (Å²) in [7, 11) is 1.59. The smallest absolute Gasteiger partial charge is 0.267 e. The number of carbonyl (C=O) groups is 1. The molecule has 208 valence electrons. The topological polar surface area (TPSA) is 51.1 Å². The van der Waals surface area contributed by atoms with Crippen molar-refractivity contribution in [3.05, 3.63) is 89.6 Å². The van der Waals surface area contributed by atoms with Gasteiger partial charge in [0, 0.05) is 10.5 Å². The largest absolute Gasteiger partial charge is 0.493 e. The zero-order valence-electron chi connectivity index (χ0n) is 21.6. The Balaban J connectivity index is 1.46. The summed E-state index contributed by atoms with van der Waals surface area (Å²) in [6, 6.07) is 17.2. The molecule has 0 bridgehead atoms. The molecule has 1 saturated heterocycles. The lowest BCUT2D eigenvalue weighted by atomic mass is 9.94. The van der Waals surface area contributed by atoms with Gasteiger partial charge < -0.3 is 9.47 Å². The molecule has 0 radical (unpaired) electrons. The number of halogens is 4. The van der Waals surface area contributed by atoms with Gasteiger partial charge in [0.1, 0.15) is 6.61 Å². The number of carbonyl (C=O) groups excluding carboxylic acids is 1. The SMILES string of the molecule is COc1cc(/C=C2\SC(=Nc3ccccc3)N(C3CCCCC3)C2=O)c(Br)c(Br)c1OCc1ccc(Cl)c(Cl)c1. The third-order valence-corrected chi connectivity index (χ3v) is 10.7. The fourth-order valence-electron chi connectivity index (χ4n) is 4.76. The molecule has 10 heteroatoms. The Labute approximate surface area is 265 Å². The van der Waals surface area contributed by atoms with Crippen LogP contribution in [0.2, 0.25) is 10.0 Å². The molecule has 1 amide bonds. The first-order chi connectivity index (χ1) is 19.4. The number of hydrogen-bond donors (Lipinski definition) is 0. The van der Waals surface area contributed by atoms with Crippen LogP contribution in [0, 0.1) is 0 Å². The molecule has 1 aliphatic carbocycles. The summed E-state index contributed by atoms with van der Waals surface area (Å²) in [5, 5.41) is 1.67. The van der Waals surface area contributed by atoms with Crippen molar-refractivity contribution >= 4 is 89.7 Å². The number of benzene rings is 3. The summed E-state index contributed by atoms with van der Waals surface area (Å²) in [5.41, 5.74) is 2.48. The molecule has 2 aliphatic rings. The van der Waals surface area contributed by atoms with Crippen LogP contribution in [0.1, 0.15) is 43.2 Å². The van der Waals surface area contributed by atoms with Crippen molar-refractivity contribution in [2.24, 2.45) is 4.99 Å². The van der Waals surface area contributed by atoms with Gasteiger partial charge in [0.2, 0.25) is 0 Å². The summed E-state index contributed by atoms with van der Waals surface area (Å²) < 4.78 is 13.2. The highest BCUT2D eigenvalue weighted by Crippen LogP contribution is 2.45. The van der Waals surface area contributed by atoms with Gasteiger partial charge in [-0.1, -0.05) is 66.7 Å². The zero-order chi connectivity index (χ0) is 28.2. The Morgan fingerprint density at radius 3 is 2.48 bits per heavy atom. The van der Waals surface area contributed by atoms with Crippen molar-refractivity contribution in [1.29, 1.82) is 0 Å². The standard InChI is InChI=1S/C30H26Br2Cl2N2O3S/c1-38-24-15-19(26(31)27(32)28(24)39-17-18-12-13-22(33)23(34)14-18)16-25-29(37)36(21-10-6-3-7-11-21)30(40-25)35-20-8-4-2-5-9-20/h2,4-5,8-9,12-16,21H,3,6-7,10-11,17H2,1H3/b25-16-,35-30?. The number of rotatable bonds is 7. The first kappa shape index (κ1) is 29.5. The van der Waals surface area contributed by atoms with E-state index in [4.69, 9.17) is 37.7 Å². The van der Waals surface area contributed by atoms with Crippen molar-refractivity contribution in [3.8, 4) is 11.5 Å². The third kappa shape index (κ3) is 6.57. The Morgan fingerprint density at radius 1 is 1.02 bits per heavy atom. The van der Waals surface area contributed by atoms with Crippen LogP contribution >= 0.6 is 66.8 Å². The predicted molar refractivity (Wildman–Crippen MR) is 172 cm³/mol. The van der Waals surface area contributed by atoms with E-state index in [2.05, 4.69) is 31.9 Å². The second-order valence-electron chi connectivity index (χ2n) is 9.47. The maximum atomic E-state index is 13.8. The van der Waals surface area contributed by atoms with Crippen LogP contribution in [0.25, 0.3) is 6.08 Å². The number of methoxy groups -OCH3 is 1. The van der Waals surface area contributed by atoms with E-state index in [1.807, 2.05) is 53.4 Å². The van der Waals surface area contributed by atoms with Crippen molar-refractivity contribution < 1.29 is 14.3 Å². The molecule has 1 aliphatic heterocycles. The molecule has 1 heterocycles. The van der Waals surface area contributed by atoms with Crippen LogP contribution in [0.5, 0.6) is 11.5 Å². The lowest BCUT2D eigenvalue weighted by Crippen LogP contribution is -2.40. The number of hydrogen-bond acceptors (Lipinski definition) is 5. The minimum absolute atomic E-state index is 0.0199. The highest BCUT2D eigenvalue weighted by atomic mass is 79.9. The average molecular weight is 725 g/mol. The fourth-order valence-corrected chi connectivity index (χ4v) is 7.08. The first-order valence-electron chi connectivity index (χ1n) is 12.8. The van der Waals surface area contributed by atoms with E-state index in [-0.39, 0.29) is 18.6 Å². The van der Waals surface area contributed by atoms with Crippen LogP contribution in [0.15, 0.2) is 73.4 Å². The van der Waals surface area contributed by atoms with Gasteiger partial charge in [-0.2, -0.15) is 0 Å². The van der Waals surface area contributed by atoms with Gasteiger partial charge in [-0.15, -0.1) is 0 Å². The van der Waals surface area contributed by atoms with E-state index < -0.39 is 0 Å². The fraction of sp³-hybridized carbons (Fsp3) is 0.267. The molecule has 3 aromatic carbocycles. The molecule has 2 fully saturated rings. The average Bonchev–Trinajstić information content (AvgIpc) is 3.27. The van der Waals surface area contributed by atoms with Gasteiger partial charge in [0.15, 0.2) is 16.7 Å². The number of amidine groups is 1. The van der Waals surface area contributed by atoms with Crippen molar-refractivity contribution in [3.63, 3.8) is 0 Å². The maximum absolute atomic E-state index is 13.8. The molecule has 5 rings (SSSR count). The number of para-hydroxylation sites is 1. The molecule has 0 N–H and O–H groups in total. The molecule has 40 heavy (non-hydrogen) atoms. The second-order valence-corrected chi connectivity index (χ2v) is 12.9. The normalized spacial score (nSPS) is 18.1. The van der Waals surface area contributed by atoms with E-state index in [9.17, 15) is 4.79 Å². The molecule has 5 nitrogen and oxygen atoms in total. The molecule has 0 unspecified atom stereocenters. The van der Waals surface area contributed by atoms with Crippen LogP contribution in [-0.4, -0.2) is 29.1 Å². The minimum atomic E-state index is -0.0199. The summed E-state index contributed by atoms with van der Waals surface area (Å²) in [6.45, 7) is 0.267. The van der Waals surface area contributed by atoms with E-state index >= 15 is 0 Å². The van der Waals surface area contributed by atoms with E-state index in [1.54, 1.807) is 19.2 Å². The lowest BCUT2D eigenvalue weighted by molar-refractivity contribution is -0.124. The van der Waals surface area contributed by atoms with Crippen LogP contribution in [0.4, 0.5) is 5.69 Å². The Morgan fingerprint density at radius 2 is 1.77 bits per heavy atom. The summed E-state index contributed by atoms with van der Waals surface area (Å²) in [4.78, 5) is 21.2. The number of amides is 1. The predicted octanol–water partition coefficient (Wildman–Crippen LogP) is 10.0. The first-order valence-corrected chi connectivity index (χ1v) is 16.0. The van der Waals surface area contributed by atoms with Crippen LogP contribution in [0.3, 0.4) is 0 Å². The monoisotopic (exact) mass is 722 g/mol. The molecular formula is C30H26Br2Cl2N2O3S. The second kappa shape index (κ2) is 13.3. The number of thioether (sulfide) groups is 1. The van der Waals surface area contributed by atoms with Crippen molar-refractivity contribution in [2.45, 2.75) is 44.8 Å². The van der Waals surface area contributed by atoms with Crippen LogP contribution < -0.4 is 9.47 Å². The molecule has 0 aromatic heterocycles. The third-order valence-electron chi connectivity index (χ3n) is 6.79. The quantitative estimate of drug-likeness (QED) is 0.228. The van der Waals surface area contributed by atoms with Gasteiger partial charge >= 0.3 is 0 Å². The van der Waals surface area contributed by atoms with Gasteiger partial charge in [0.05, 0.1) is 32.2 Å². The van der Waals surface area contributed by atoms with Crippen LogP contribution in [-0.2, 0) is 11.4 Å². The number of ether oxygens (including phenoxy) is 2. The van der Waals surface area contributed by atoms with Crippen molar-refractivity contribution in [2.75, 3.05) is 7.11 Å². The molecule has 1 saturated carbocycles. The lowest BCUT2D eigenvalue weighted by Gasteiger charge is -2.30. The Bertz CT molecular complexity index is 1480. The molecule has 0 atom stereocenters. The Kier molecular flexibility index (Phi) is 9.84. The van der Waals surface area contributed by atoms with Gasteiger partial charge in [0.25, 0.3) is 5.91 Å². The summed E-state index contributed by atoms with van der Waals surface area (Å²) >= 11 is 21.0. The van der Waals surface area contributed by atoms with E-state index in [0.29, 0.717) is 30.9 Å². The summed E-state index contributed by atoms with van der Waals surface area (Å²) in [5.74, 6) is 1.04. The van der Waals surface area contributed by atoms with E-state index in [1.165, 1.54) is 18.2 Å². The van der Waals surface area contributed by atoms with Gasteiger partial charge in [-0.3, -0.25) is 9.69 Å². The van der Waals surface area contributed by atoms with Gasteiger partial charge in [-0.05, 0) is 104 Å². The Hall–Kier alpha value is -1.97. The highest BCUT2D eigenvalue weighted by Gasteiger charge is 2.39. The number of aliphatic imine (C=N–C) groups is 1. The maximum Gasteiger partial charge on any atom is 0.267 e. The van der Waals surface area contributed by atoms with Gasteiger partial charge in [-0.25, -0.2) is 4.99 Å². The minimum Gasteiger partial charge on any atom is -0.493 e. The molecular weight excluding hydrogens is 699 g/mol. The summed E-state index contributed by atoms with van der Waals surface area (Å²) in [6.07, 6.45) is 7.31. The van der Waals surface area contributed by atoms with Crippen molar-refractivity contribution in [1.82, 2.24) is 4.90 Å². The highest BCUT2D eigenvalue weighted by molar-refractivity contribution is 9.13. The zero-order valence-corrected chi connectivity index (χ0v) is 27.1.